The van der Waals surface area contributed by atoms with Crippen LogP contribution in [0.15, 0.2) is 54.6 Å². The van der Waals surface area contributed by atoms with Gasteiger partial charge in [0.2, 0.25) is 0 Å². The van der Waals surface area contributed by atoms with Crippen molar-refractivity contribution >= 4 is 40.8 Å². The summed E-state index contributed by atoms with van der Waals surface area (Å²) in [6.45, 7) is 0. The number of aromatic nitrogens is 2. The number of anilines is 2. The zero-order valence-electron chi connectivity index (χ0n) is 15.7. The van der Waals surface area contributed by atoms with Crippen LogP contribution in [0, 0.1) is 0 Å². The van der Waals surface area contributed by atoms with Crippen LogP contribution in [-0.4, -0.2) is 34.5 Å². The molecule has 148 valence electrons. The molecule has 29 heavy (non-hydrogen) atoms. The third-order valence-electron chi connectivity index (χ3n) is 4.08. The molecule has 0 aliphatic rings. The molecule has 0 atom stereocenters. The summed E-state index contributed by atoms with van der Waals surface area (Å²) in [6, 6.07) is 14.6. The summed E-state index contributed by atoms with van der Waals surface area (Å²) in [7, 11) is 3.13. The second-order valence-corrected chi connectivity index (χ2v) is 6.49. The van der Waals surface area contributed by atoms with Gasteiger partial charge < -0.3 is 16.0 Å². The zero-order valence-corrected chi connectivity index (χ0v) is 16.4. The van der Waals surface area contributed by atoms with Gasteiger partial charge in [0, 0.05) is 31.4 Å². The van der Waals surface area contributed by atoms with Gasteiger partial charge in [-0.15, -0.1) is 0 Å². The molecule has 3 rings (SSSR count). The van der Waals surface area contributed by atoms with Crippen LogP contribution >= 0.6 is 11.6 Å². The summed E-state index contributed by atoms with van der Waals surface area (Å²) in [4.78, 5) is 36.7. The van der Waals surface area contributed by atoms with Crippen molar-refractivity contribution in [1.82, 2.24) is 15.1 Å². The monoisotopic (exact) mass is 411 g/mol. The van der Waals surface area contributed by atoms with Crippen molar-refractivity contribution in [3.63, 3.8) is 0 Å². The first-order chi connectivity index (χ1) is 13.9. The molecule has 0 saturated carbocycles. The minimum Gasteiger partial charge on any atom is -0.355 e. The first-order valence-corrected chi connectivity index (χ1v) is 9.00. The molecule has 0 bridgehead atoms. The maximum Gasteiger partial charge on any atom is 0.276 e. The summed E-state index contributed by atoms with van der Waals surface area (Å²) in [6.07, 6.45) is 0. The molecule has 1 aromatic heterocycles. The SMILES string of the molecule is CNC(=O)c1cccc(NC(=O)c2cc(NC(=O)c3ccccc3Cl)n(C)n2)c1. The largest absolute Gasteiger partial charge is 0.355 e. The fraction of sp³-hybridized carbons (Fsp3) is 0.100. The number of benzene rings is 2. The van der Waals surface area contributed by atoms with Gasteiger partial charge in [0.1, 0.15) is 5.82 Å². The highest BCUT2D eigenvalue weighted by atomic mass is 35.5. The van der Waals surface area contributed by atoms with Crippen LogP contribution in [0.1, 0.15) is 31.2 Å². The van der Waals surface area contributed by atoms with E-state index < -0.39 is 11.8 Å². The van der Waals surface area contributed by atoms with Crippen LogP contribution in [0.3, 0.4) is 0 Å². The summed E-state index contributed by atoms with van der Waals surface area (Å²) in [5.41, 5.74) is 1.28. The molecule has 0 aliphatic carbocycles. The smallest absolute Gasteiger partial charge is 0.276 e. The number of aryl methyl sites for hydroxylation is 1. The van der Waals surface area contributed by atoms with E-state index in [1.165, 1.54) is 17.8 Å². The molecule has 0 radical (unpaired) electrons. The van der Waals surface area contributed by atoms with Crippen molar-refractivity contribution in [2.75, 3.05) is 17.7 Å². The Bertz CT molecular complexity index is 1090. The van der Waals surface area contributed by atoms with Gasteiger partial charge in [-0.1, -0.05) is 29.8 Å². The molecule has 1 heterocycles. The van der Waals surface area contributed by atoms with Gasteiger partial charge >= 0.3 is 0 Å². The topological polar surface area (TPSA) is 105 Å². The van der Waals surface area contributed by atoms with Gasteiger partial charge in [-0.25, -0.2) is 0 Å². The maximum atomic E-state index is 12.5. The average Bonchev–Trinajstić information content (AvgIpc) is 3.08. The number of nitrogens with one attached hydrogen (secondary N) is 3. The van der Waals surface area contributed by atoms with Crippen molar-refractivity contribution in [2.24, 2.45) is 7.05 Å². The highest BCUT2D eigenvalue weighted by molar-refractivity contribution is 6.34. The van der Waals surface area contributed by atoms with E-state index in [0.717, 1.165) is 0 Å². The first kappa shape index (κ1) is 20.1. The van der Waals surface area contributed by atoms with E-state index >= 15 is 0 Å². The Morgan fingerprint density at radius 3 is 2.41 bits per heavy atom. The van der Waals surface area contributed by atoms with Gasteiger partial charge in [0.15, 0.2) is 5.69 Å². The highest BCUT2D eigenvalue weighted by Gasteiger charge is 2.17. The molecule has 2 aromatic carbocycles. The van der Waals surface area contributed by atoms with Crippen molar-refractivity contribution in [3.8, 4) is 0 Å². The number of amides is 3. The summed E-state index contributed by atoms with van der Waals surface area (Å²) in [5, 5.41) is 12.3. The zero-order chi connectivity index (χ0) is 21.0. The van der Waals surface area contributed by atoms with E-state index in [-0.39, 0.29) is 11.6 Å². The van der Waals surface area contributed by atoms with Gasteiger partial charge in [0.05, 0.1) is 10.6 Å². The number of carbonyl (C=O) groups excluding carboxylic acids is 3. The summed E-state index contributed by atoms with van der Waals surface area (Å²) >= 11 is 6.04. The molecule has 0 spiro atoms. The predicted molar refractivity (Wildman–Crippen MR) is 110 cm³/mol. The fourth-order valence-corrected chi connectivity index (χ4v) is 2.82. The van der Waals surface area contributed by atoms with Crippen LogP contribution in [0.25, 0.3) is 0 Å². The molecule has 0 fully saturated rings. The Labute approximate surface area is 171 Å². The molecule has 0 aliphatic heterocycles. The van der Waals surface area contributed by atoms with E-state index in [2.05, 4.69) is 21.0 Å². The normalized spacial score (nSPS) is 10.3. The quantitative estimate of drug-likeness (QED) is 0.600. The van der Waals surface area contributed by atoms with Gasteiger partial charge in [-0.3, -0.25) is 19.1 Å². The molecule has 0 unspecified atom stereocenters. The number of hydrogen-bond donors (Lipinski definition) is 3. The Balaban J connectivity index is 1.74. The molecule has 3 aromatic rings. The number of halogens is 1. The lowest BCUT2D eigenvalue weighted by Gasteiger charge is -2.06. The Morgan fingerprint density at radius 1 is 0.931 bits per heavy atom. The van der Waals surface area contributed by atoms with Crippen LogP contribution in [0.2, 0.25) is 5.02 Å². The second kappa shape index (κ2) is 8.57. The van der Waals surface area contributed by atoms with Crippen LogP contribution in [0.5, 0.6) is 0 Å². The number of hydrogen-bond acceptors (Lipinski definition) is 4. The van der Waals surface area contributed by atoms with E-state index in [4.69, 9.17) is 11.6 Å². The molecule has 3 amide bonds. The van der Waals surface area contributed by atoms with E-state index in [1.54, 1.807) is 55.6 Å². The van der Waals surface area contributed by atoms with Crippen LogP contribution < -0.4 is 16.0 Å². The van der Waals surface area contributed by atoms with Gasteiger partial charge in [-0.2, -0.15) is 5.10 Å². The molecule has 0 saturated heterocycles. The molecule has 8 nitrogen and oxygen atoms in total. The molecular weight excluding hydrogens is 394 g/mol. The van der Waals surface area contributed by atoms with Gasteiger partial charge in [-0.05, 0) is 30.3 Å². The Hall–Kier alpha value is -3.65. The van der Waals surface area contributed by atoms with Crippen molar-refractivity contribution in [1.29, 1.82) is 0 Å². The lowest BCUT2D eigenvalue weighted by Crippen LogP contribution is -2.18. The minimum absolute atomic E-state index is 0.104. The highest BCUT2D eigenvalue weighted by Crippen LogP contribution is 2.18. The summed E-state index contributed by atoms with van der Waals surface area (Å²) < 4.78 is 1.38. The Kier molecular flexibility index (Phi) is 5.94. The third kappa shape index (κ3) is 4.61. The average molecular weight is 412 g/mol. The molecular formula is C20H18ClN5O3. The summed E-state index contributed by atoms with van der Waals surface area (Å²) in [5.74, 6) is -0.820. The number of rotatable bonds is 5. The van der Waals surface area contributed by atoms with Crippen molar-refractivity contribution in [3.05, 3.63) is 76.4 Å². The standard InChI is InChI=1S/C20H18ClN5O3/c1-22-18(27)12-6-5-7-13(10-12)23-20(29)16-11-17(26(2)25-16)24-19(28)14-8-3-4-9-15(14)21/h3-11H,1-2H3,(H,22,27)(H,23,29)(H,24,28). The minimum atomic E-state index is -0.479. The van der Waals surface area contributed by atoms with E-state index in [9.17, 15) is 14.4 Å². The predicted octanol–water partition coefficient (Wildman–Crippen LogP) is 2.94. The number of nitrogens with zero attached hydrogens (tertiary/aromatic N) is 2. The molecule has 3 N–H and O–H groups in total. The Morgan fingerprint density at radius 2 is 1.69 bits per heavy atom. The second-order valence-electron chi connectivity index (χ2n) is 6.09. The van der Waals surface area contributed by atoms with Gasteiger partial charge in [0.25, 0.3) is 17.7 Å². The molecule has 9 heteroatoms. The van der Waals surface area contributed by atoms with Crippen LogP contribution in [0.4, 0.5) is 11.5 Å². The van der Waals surface area contributed by atoms with Crippen molar-refractivity contribution < 1.29 is 14.4 Å². The number of carbonyl (C=O) groups is 3. The van der Waals surface area contributed by atoms with E-state index in [1.807, 2.05) is 0 Å². The van der Waals surface area contributed by atoms with Crippen molar-refractivity contribution in [2.45, 2.75) is 0 Å². The maximum absolute atomic E-state index is 12.5. The lowest BCUT2D eigenvalue weighted by molar-refractivity contribution is 0.0960. The lowest BCUT2D eigenvalue weighted by atomic mass is 10.2. The van der Waals surface area contributed by atoms with E-state index in [0.29, 0.717) is 27.7 Å². The first-order valence-electron chi connectivity index (χ1n) is 8.62. The fourth-order valence-electron chi connectivity index (χ4n) is 2.60. The third-order valence-corrected chi connectivity index (χ3v) is 4.41. The van der Waals surface area contributed by atoms with Crippen LogP contribution in [-0.2, 0) is 7.05 Å².